The molecule has 0 aliphatic carbocycles. The summed E-state index contributed by atoms with van der Waals surface area (Å²) in [5.74, 6) is 3.32. The summed E-state index contributed by atoms with van der Waals surface area (Å²) in [6.45, 7) is 4.29. The number of hydrogen-bond donors (Lipinski definition) is 1. The zero-order chi connectivity index (χ0) is 14.7. The van der Waals surface area contributed by atoms with Crippen LogP contribution in [-0.4, -0.2) is 34.1 Å². The van der Waals surface area contributed by atoms with Crippen LogP contribution in [0.1, 0.15) is 13.3 Å². The Balaban J connectivity index is 1.91. The standard InChI is InChI=1S/C16H20N4S/c1-2-13-11-20(8-9-21-13)15-10-14(17)18-16(19-15)12-6-4-3-5-7-12/h3-7,10,13H,2,8-9,11H2,1H3,(H2,17,18,19). The lowest BCUT2D eigenvalue weighted by atomic mass is 10.2. The number of hydrogen-bond acceptors (Lipinski definition) is 5. The van der Waals surface area contributed by atoms with Gasteiger partial charge in [-0.2, -0.15) is 11.8 Å². The van der Waals surface area contributed by atoms with Gasteiger partial charge in [0, 0.05) is 35.7 Å². The van der Waals surface area contributed by atoms with E-state index in [2.05, 4.69) is 28.6 Å². The van der Waals surface area contributed by atoms with Gasteiger partial charge in [-0.3, -0.25) is 0 Å². The third-order valence-corrected chi connectivity index (χ3v) is 5.05. The molecule has 1 aromatic heterocycles. The number of anilines is 2. The molecule has 1 fully saturated rings. The average Bonchev–Trinajstić information content (AvgIpc) is 2.55. The maximum atomic E-state index is 5.99. The van der Waals surface area contributed by atoms with Crippen LogP contribution < -0.4 is 10.6 Å². The number of nitrogens with two attached hydrogens (primary N) is 1. The Kier molecular flexibility index (Phi) is 4.29. The van der Waals surface area contributed by atoms with Crippen LogP contribution in [0.5, 0.6) is 0 Å². The Bertz CT molecular complexity index is 602. The molecule has 2 N–H and O–H groups in total. The van der Waals surface area contributed by atoms with E-state index < -0.39 is 0 Å². The van der Waals surface area contributed by atoms with Crippen LogP contribution in [0, 0.1) is 0 Å². The molecule has 1 unspecified atom stereocenters. The summed E-state index contributed by atoms with van der Waals surface area (Å²) < 4.78 is 0. The Morgan fingerprint density at radius 1 is 1.29 bits per heavy atom. The van der Waals surface area contributed by atoms with Crippen molar-refractivity contribution in [3.8, 4) is 11.4 Å². The predicted molar refractivity (Wildman–Crippen MR) is 90.6 cm³/mol. The molecular weight excluding hydrogens is 280 g/mol. The van der Waals surface area contributed by atoms with Crippen molar-refractivity contribution >= 4 is 23.4 Å². The average molecular weight is 300 g/mol. The summed E-state index contributed by atoms with van der Waals surface area (Å²) in [6, 6.07) is 11.9. The smallest absolute Gasteiger partial charge is 0.163 e. The summed E-state index contributed by atoms with van der Waals surface area (Å²) in [7, 11) is 0. The summed E-state index contributed by atoms with van der Waals surface area (Å²) in [5.41, 5.74) is 6.99. The van der Waals surface area contributed by atoms with Crippen molar-refractivity contribution < 1.29 is 0 Å². The minimum atomic E-state index is 0.533. The van der Waals surface area contributed by atoms with Crippen LogP contribution >= 0.6 is 11.8 Å². The van der Waals surface area contributed by atoms with E-state index >= 15 is 0 Å². The minimum Gasteiger partial charge on any atom is -0.384 e. The molecule has 0 radical (unpaired) electrons. The number of benzene rings is 1. The summed E-state index contributed by atoms with van der Waals surface area (Å²) in [4.78, 5) is 11.4. The van der Waals surface area contributed by atoms with Gasteiger partial charge >= 0.3 is 0 Å². The highest BCUT2D eigenvalue weighted by atomic mass is 32.2. The Morgan fingerprint density at radius 2 is 2.10 bits per heavy atom. The van der Waals surface area contributed by atoms with Gasteiger partial charge in [-0.05, 0) is 6.42 Å². The Labute approximate surface area is 129 Å². The zero-order valence-electron chi connectivity index (χ0n) is 12.2. The highest BCUT2D eigenvalue weighted by Gasteiger charge is 2.21. The molecule has 2 aromatic rings. The molecule has 2 heterocycles. The zero-order valence-corrected chi connectivity index (χ0v) is 13.0. The van der Waals surface area contributed by atoms with E-state index in [4.69, 9.17) is 10.7 Å². The molecule has 0 bridgehead atoms. The molecular formula is C16H20N4S. The molecule has 0 spiro atoms. The molecule has 5 heteroatoms. The van der Waals surface area contributed by atoms with Crippen molar-refractivity contribution in [1.29, 1.82) is 0 Å². The largest absolute Gasteiger partial charge is 0.384 e. The third kappa shape index (κ3) is 3.29. The SMILES string of the molecule is CCC1CN(c2cc(N)nc(-c3ccccc3)n2)CCS1. The first-order chi connectivity index (χ1) is 10.3. The molecule has 4 nitrogen and oxygen atoms in total. The van der Waals surface area contributed by atoms with E-state index in [-0.39, 0.29) is 0 Å². The van der Waals surface area contributed by atoms with Gasteiger partial charge in [-0.1, -0.05) is 37.3 Å². The summed E-state index contributed by atoms with van der Waals surface area (Å²) in [5, 5.41) is 0.676. The fraction of sp³-hybridized carbons (Fsp3) is 0.375. The molecule has 21 heavy (non-hydrogen) atoms. The van der Waals surface area contributed by atoms with Crippen molar-refractivity contribution in [2.75, 3.05) is 29.5 Å². The normalized spacial score (nSPS) is 18.7. The van der Waals surface area contributed by atoms with Crippen molar-refractivity contribution in [3.05, 3.63) is 36.4 Å². The molecule has 110 valence electrons. The quantitative estimate of drug-likeness (QED) is 0.944. The monoisotopic (exact) mass is 300 g/mol. The number of thioether (sulfide) groups is 1. The predicted octanol–water partition coefficient (Wildman–Crippen LogP) is 3.06. The van der Waals surface area contributed by atoms with E-state index in [1.807, 2.05) is 36.4 Å². The fourth-order valence-corrected chi connectivity index (χ4v) is 3.69. The highest BCUT2D eigenvalue weighted by Crippen LogP contribution is 2.27. The van der Waals surface area contributed by atoms with Crippen LogP contribution in [0.4, 0.5) is 11.6 Å². The first-order valence-electron chi connectivity index (χ1n) is 7.33. The van der Waals surface area contributed by atoms with Crippen LogP contribution in [0.25, 0.3) is 11.4 Å². The van der Waals surface area contributed by atoms with Crippen LogP contribution in [-0.2, 0) is 0 Å². The molecule has 1 aliphatic heterocycles. The molecule has 0 saturated carbocycles. The van der Waals surface area contributed by atoms with E-state index in [9.17, 15) is 0 Å². The van der Waals surface area contributed by atoms with Crippen molar-refractivity contribution in [3.63, 3.8) is 0 Å². The van der Waals surface area contributed by atoms with Gasteiger partial charge in [-0.25, -0.2) is 9.97 Å². The van der Waals surface area contributed by atoms with Crippen LogP contribution in [0.3, 0.4) is 0 Å². The van der Waals surface area contributed by atoms with E-state index in [0.717, 1.165) is 30.2 Å². The van der Waals surface area contributed by atoms with Gasteiger partial charge in [0.1, 0.15) is 11.6 Å². The lowest BCUT2D eigenvalue weighted by Crippen LogP contribution is -2.38. The van der Waals surface area contributed by atoms with Gasteiger partial charge in [-0.15, -0.1) is 0 Å². The lowest BCUT2D eigenvalue weighted by Gasteiger charge is -2.33. The first kappa shape index (κ1) is 14.2. The second-order valence-corrected chi connectivity index (χ2v) is 6.60. The van der Waals surface area contributed by atoms with Gasteiger partial charge in [0.05, 0.1) is 0 Å². The minimum absolute atomic E-state index is 0.533. The summed E-state index contributed by atoms with van der Waals surface area (Å²) in [6.07, 6.45) is 1.19. The molecule has 1 aliphatic rings. The third-order valence-electron chi connectivity index (χ3n) is 3.68. The van der Waals surface area contributed by atoms with Gasteiger partial charge in [0.2, 0.25) is 0 Å². The molecule has 3 rings (SSSR count). The molecule has 0 amide bonds. The lowest BCUT2D eigenvalue weighted by molar-refractivity contribution is 0.719. The summed E-state index contributed by atoms with van der Waals surface area (Å²) >= 11 is 2.05. The number of rotatable bonds is 3. The van der Waals surface area contributed by atoms with Crippen LogP contribution in [0.2, 0.25) is 0 Å². The molecule has 1 aromatic carbocycles. The highest BCUT2D eigenvalue weighted by molar-refractivity contribution is 8.00. The van der Waals surface area contributed by atoms with Gasteiger partial charge in [0.25, 0.3) is 0 Å². The first-order valence-corrected chi connectivity index (χ1v) is 8.37. The van der Waals surface area contributed by atoms with Gasteiger partial charge in [0.15, 0.2) is 5.82 Å². The van der Waals surface area contributed by atoms with Crippen molar-refractivity contribution in [2.24, 2.45) is 0 Å². The fourth-order valence-electron chi connectivity index (χ4n) is 2.51. The van der Waals surface area contributed by atoms with E-state index in [0.29, 0.717) is 16.9 Å². The molecule has 1 atom stereocenters. The van der Waals surface area contributed by atoms with Crippen LogP contribution in [0.15, 0.2) is 36.4 Å². The second-order valence-electron chi connectivity index (χ2n) is 5.19. The van der Waals surface area contributed by atoms with E-state index in [1.54, 1.807) is 0 Å². The van der Waals surface area contributed by atoms with Crippen molar-refractivity contribution in [2.45, 2.75) is 18.6 Å². The number of nitrogen functional groups attached to an aromatic ring is 1. The maximum absolute atomic E-state index is 5.99. The van der Waals surface area contributed by atoms with Crippen molar-refractivity contribution in [1.82, 2.24) is 9.97 Å². The maximum Gasteiger partial charge on any atom is 0.163 e. The number of aromatic nitrogens is 2. The topological polar surface area (TPSA) is 55.0 Å². The second kappa shape index (κ2) is 6.35. The molecule has 1 saturated heterocycles. The van der Waals surface area contributed by atoms with Gasteiger partial charge < -0.3 is 10.6 Å². The number of nitrogens with zero attached hydrogens (tertiary/aromatic N) is 3. The Hall–Kier alpha value is -1.75. The van der Waals surface area contributed by atoms with E-state index in [1.165, 1.54) is 6.42 Å². The Morgan fingerprint density at radius 3 is 2.86 bits per heavy atom.